The number of piperidine rings is 1. The summed E-state index contributed by atoms with van der Waals surface area (Å²) in [7, 11) is 3.13. The highest BCUT2D eigenvalue weighted by Gasteiger charge is 2.51. The number of carbonyl (C=O) groups is 3. The molecule has 1 aromatic rings. The lowest BCUT2D eigenvalue weighted by molar-refractivity contribution is -0.140. The van der Waals surface area contributed by atoms with Crippen LogP contribution in [-0.4, -0.2) is 77.0 Å². The normalized spacial score (nSPS) is 29.3. The van der Waals surface area contributed by atoms with E-state index >= 15 is 0 Å². The maximum atomic E-state index is 13.4. The van der Waals surface area contributed by atoms with Gasteiger partial charge in [-0.15, -0.1) is 11.8 Å². The van der Waals surface area contributed by atoms with Crippen molar-refractivity contribution in [3.8, 4) is 0 Å². The minimum absolute atomic E-state index is 0.0677. The molecule has 174 valence electrons. The van der Waals surface area contributed by atoms with Gasteiger partial charge in [-0.1, -0.05) is 19.1 Å². The number of nitrogens with one attached hydrogen (secondary N) is 2. The van der Waals surface area contributed by atoms with Crippen molar-refractivity contribution in [3.05, 3.63) is 35.6 Å². The first-order valence-corrected chi connectivity index (χ1v) is 12.0. The number of nitrogens with zero attached hydrogens (tertiary/aromatic N) is 3. The van der Waals surface area contributed by atoms with Crippen molar-refractivity contribution in [3.63, 3.8) is 0 Å². The van der Waals surface area contributed by atoms with Gasteiger partial charge in [0.2, 0.25) is 11.8 Å². The molecular weight excluding hydrogens is 433 g/mol. The highest BCUT2D eigenvalue weighted by molar-refractivity contribution is 8.00. The largest absolute Gasteiger partial charge is 0.342 e. The summed E-state index contributed by atoms with van der Waals surface area (Å²) in [5.74, 6) is -0.223. The number of thioether (sulfide) groups is 1. The number of hydrogen-bond donors (Lipinski definition) is 2. The van der Waals surface area contributed by atoms with E-state index in [-0.39, 0.29) is 29.4 Å². The second-order valence-corrected chi connectivity index (χ2v) is 10.0. The molecule has 0 radical (unpaired) electrons. The molecule has 0 bridgehead atoms. The van der Waals surface area contributed by atoms with Crippen LogP contribution in [0.4, 0.5) is 9.18 Å². The van der Waals surface area contributed by atoms with Crippen molar-refractivity contribution in [2.24, 2.45) is 11.8 Å². The second-order valence-electron chi connectivity index (χ2n) is 8.87. The first kappa shape index (κ1) is 23.0. The number of hydrogen-bond acceptors (Lipinski definition) is 6. The first-order chi connectivity index (χ1) is 15.3. The zero-order valence-electron chi connectivity index (χ0n) is 18.6. The Morgan fingerprint density at radius 3 is 2.44 bits per heavy atom. The quantitative estimate of drug-likeness (QED) is 0.709. The lowest BCUT2D eigenvalue weighted by Gasteiger charge is -2.50. The molecule has 8 nitrogen and oxygen atoms in total. The number of rotatable bonds is 4. The number of amides is 4. The van der Waals surface area contributed by atoms with Gasteiger partial charge in [0.05, 0.1) is 29.4 Å². The number of fused-ring (bicyclic) bond motifs is 1. The molecule has 32 heavy (non-hydrogen) atoms. The fourth-order valence-corrected chi connectivity index (χ4v) is 5.77. The summed E-state index contributed by atoms with van der Waals surface area (Å²) in [4.78, 5) is 42.9. The Balaban J connectivity index is 1.53. The van der Waals surface area contributed by atoms with Crippen LogP contribution in [0, 0.1) is 17.7 Å². The SMILES string of the molecule is CC1CCN(C(=O)CSC2NC(c3ccc(F)cc3)NC3C2C(=O)N(C)C(=O)N3C)CC1. The lowest BCUT2D eigenvalue weighted by atomic mass is 9.96. The number of urea groups is 1. The standard InChI is InChI=1S/C22H30FN5O3S/c1-13-8-10-28(11-9-13)16(29)12-32-20-17-19(26(2)22(31)27(3)21(17)30)24-18(25-20)14-4-6-15(23)7-5-14/h4-7,13,17-20,24-25H,8-12H2,1-3H3. The van der Waals surface area contributed by atoms with Crippen molar-refractivity contribution >= 4 is 29.6 Å². The highest BCUT2D eigenvalue weighted by Crippen LogP contribution is 2.34. The van der Waals surface area contributed by atoms with Crippen LogP contribution in [0.5, 0.6) is 0 Å². The van der Waals surface area contributed by atoms with E-state index in [2.05, 4.69) is 17.6 Å². The molecule has 3 heterocycles. The highest BCUT2D eigenvalue weighted by atomic mass is 32.2. The fourth-order valence-electron chi connectivity index (χ4n) is 4.56. The molecule has 3 aliphatic rings. The third-order valence-electron chi connectivity index (χ3n) is 6.68. The van der Waals surface area contributed by atoms with E-state index in [0.717, 1.165) is 36.4 Å². The van der Waals surface area contributed by atoms with Crippen molar-refractivity contribution < 1.29 is 18.8 Å². The van der Waals surface area contributed by atoms with E-state index in [1.807, 2.05) is 4.90 Å². The van der Waals surface area contributed by atoms with Crippen LogP contribution in [0.25, 0.3) is 0 Å². The molecule has 0 aromatic heterocycles. The molecule has 3 saturated heterocycles. The molecule has 2 N–H and O–H groups in total. The van der Waals surface area contributed by atoms with Crippen LogP contribution in [-0.2, 0) is 9.59 Å². The maximum Gasteiger partial charge on any atom is 0.327 e. The second kappa shape index (κ2) is 9.36. The smallest absolute Gasteiger partial charge is 0.327 e. The van der Waals surface area contributed by atoms with Crippen LogP contribution < -0.4 is 10.6 Å². The predicted molar refractivity (Wildman–Crippen MR) is 120 cm³/mol. The van der Waals surface area contributed by atoms with Gasteiger partial charge >= 0.3 is 6.03 Å². The number of benzene rings is 1. The molecule has 4 amide bonds. The van der Waals surface area contributed by atoms with Gasteiger partial charge in [0.1, 0.15) is 5.82 Å². The van der Waals surface area contributed by atoms with Crippen LogP contribution in [0.3, 0.4) is 0 Å². The van der Waals surface area contributed by atoms with Gasteiger partial charge in [-0.3, -0.25) is 25.1 Å². The van der Waals surface area contributed by atoms with Gasteiger partial charge in [0.15, 0.2) is 0 Å². The summed E-state index contributed by atoms with van der Waals surface area (Å²) < 4.78 is 13.4. The molecule has 4 rings (SSSR count). The Labute approximate surface area is 191 Å². The van der Waals surface area contributed by atoms with Gasteiger partial charge in [-0.05, 0) is 36.5 Å². The predicted octanol–water partition coefficient (Wildman–Crippen LogP) is 1.80. The van der Waals surface area contributed by atoms with E-state index in [1.165, 1.54) is 35.8 Å². The van der Waals surface area contributed by atoms with E-state index in [0.29, 0.717) is 5.92 Å². The Morgan fingerprint density at radius 2 is 1.78 bits per heavy atom. The van der Waals surface area contributed by atoms with Crippen LogP contribution in [0.1, 0.15) is 31.5 Å². The minimum atomic E-state index is -0.557. The van der Waals surface area contributed by atoms with Crippen LogP contribution in [0.15, 0.2) is 24.3 Å². The van der Waals surface area contributed by atoms with Crippen molar-refractivity contribution in [2.45, 2.75) is 37.5 Å². The Bertz CT molecular complexity index is 877. The molecular formula is C22H30FN5O3S. The molecule has 4 unspecified atom stereocenters. The average Bonchev–Trinajstić information content (AvgIpc) is 2.80. The topological polar surface area (TPSA) is 85.0 Å². The Morgan fingerprint density at radius 1 is 1.12 bits per heavy atom. The summed E-state index contributed by atoms with van der Waals surface area (Å²) in [6.45, 7) is 3.74. The van der Waals surface area contributed by atoms with E-state index < -0.39 is 23.6 Å². The van der Waals surface area contributed by atoms with Gasteiger partial charge < -0.3 is 9.80 Å². The molecule has 3 aliphatic heterocycles. The minimum Gasteiger partial charge on any atom is -0.342 e. The molecule has 0 spiro atoms. The zero-order chi connectivity index (χ0) is 23.0. The number of imide groups is 1. The van der Waals surface area contributed by atoms with E-state index in [4.69, 9.17) is 0 Å². The number of halogens is 1. The first-order valence-electron chi connectivity index (χ1n) is 11.0. The molecule has 4 atom stereocenters. The average molecular weight is 464 g/mol. The van der Waals surface area contributed by atoms with E-state index in [9.17, 15) is 18.8 Å². The van der Waals surface area contributed by atoms with Gasteiger partial charge in [-0.25, -0.2) is 9.18 Å². The molecule has 0 aliphatic carbocycles. The van der Waals surface area contributed by atoms with E-state index in [1.54, 1.807) is 19.2 Å². The third-order valence-corrected chi connectivity index (χ3v) is 7.88. The Hall–Kier alpha value is -2.17. The monoisotopic (exact) mass is 463 g/mol. The van der Waals surface area contributed by atoms with Crippen LogP contribution >= 0.6 is 11.8 Å². The summed E-state index contributed by atoms with van der Waals surface area (Å²) >= 11 is 1.39. The van der Waals surface area contributed by atoms with Crippen molar-refractivity contribution in [1.29, 1.82) is 0 Å². The zero-order valence-corrected chi connectivity index (χ0v) is 19.4. The fraction of sp³-hybridized carbons (Fsp3) is 0.591. The van der Waals surface area contributed by atoms with Gasteiger partial charge in [0.25, 0.3) is 0 Å². The van der Waals surface area contributed by atoms with Gasteiger partial charge in [-0.2, -0.15) is 0 Å². The molecule has 10 heteroatoms. The Kier molecular flexibility index (Phi) is 6.73. The van der Waals surface area contributed by atoms with Crippen molar-refractivity contribution in [2.75, 3.05) is 32.9 Å². The molecule has 0 saturated carbocycles. The summed E-state index contributed by atoms with van der Waals surface area (Å²) in [5.41, 5.74) is 0.791. The van der Waals surface area contributed by atoms with Crippen molar-refractivity contribution in [1.82, 2.24) is 25.3 Å². The molecule has 3 fully saturated rings. The van der Waals surface area contributed by atoms with Crippen LogP contribution in [0.2, 0.25) is 0 Å². The molecule has 1 aromatic carbocycles. The third kappa shape index (κ3) is 4.49. The number of likely N-dealkylation sites (tertiary alicyclic amines) is 1. The lowest BCUT2D eigenvalue weighted by Crippen LogP contribution is -2.72. The maximum absolute atomic E-state index is 13.4. The summed E-state index contributed by atoms with van der Waals surface area (Å²) in [6, 6.07) is 5.71. The van der Waals surface area contributed by atoms with Gasteiger partial charge in [0, 0.05) is 27.2 Å². The summed E-state index contributed by atoms with van der Waals surface area (Å²) in [5, 5.41) is 6.34. The number of carbonyl (C=O) groups excluding carboxylic acids is 3. The summed E-state index contributed by atoms with van der Waals surface area (Å²) in [6.07, 6.45) is 1.09.